The van der Waals surface area contributed by atoms with E-state index in [2.05, 4.69) is 5.32 Å². The quantitative estimate of drug-likeness (QED) is 0.729. The van der Waals surface area contributed by atoms with Crippen LogP contribution in [-0.4, -0.2) is 42.3 Å². The van der Waals surface area contributed by atoms with Crippen LogP contribution < -0.4 is 5.32 Å². The summed E-state index contributed by atoms with van der Waals surface area (Å²) in [5, 5.41) is 3.02. The predicted molar refractivity (Wildman–Crippen MR) is 89.7 cm³/mol. The fourth-order valence-corrected chi connectivity index (χ4v) is 2.88. The molecule has 1 N–H and O–H groups in total. The number of nitrogens with zero attached hydrogens (tertiary/aromatic N) is 1. The minimum Gasteiger partial charge on any atom is -0.444 e. The Morgan fingerprint density at radius 3 is 2.07 bits per heavy atom. The van der Waals surface area contributed by atoms with Crippen LogP contribution in [-0.2, 0) is 23.5 Å². The minimum absolute atomic E-state index is 0.0910. The maximum absolute atomic E-state index is 13.0. The molecule has 1 aliphatic heterocycles. The Balaban J connectivity index is 2.19. The number of alkyl halides is 6. The SMILES string of the molecule is CC(C)(C)OC(=O)N1CCN[C@H](Cc2cc(C(F)(F)F)cc(C(F)(F)F)c2)C1. The number of benzene rings is 1. The van der Waals surface area contributed by atoms with Crippen molar-refractivity contribution in [1.29, 1.82) is 0 Å². The average Bonchev–Trinajstić information content (AvgIpc) is 2.51. The zero-order valence-electron chi connectivity index (χ0n) is 15.7. The second-order valence-corrected chi connectivity index (χ2v) is 7.70. The van der Waals surface area contributed by atoms with E-state index in [9.17, 15) is 31.1 Å². The molecule has 1 saturated heterocycles. The van der Waals surface area contributed by atoms with Gasteiger partial charge in [-0.2, -0.15) is 26.3 Å². The molecule has 1 aliphatic rings. The molecule has 10 heteroatoms. The summed E-state index contributed by atoms with van der Waals surface area (Å²) in [6, 6.07) is 1.03. The first kappa shape index (κ1) is 22.3. The van der Waals surface area contributed by atoms with E-state index in [-0.39, 0.29) is 24.6 Å². The smallest absolute Gasteiger partial charge is 0.416 e. The van der Waals surface area contributed by atoms with Crippen LogP contribution in [0.5, 0.6) is 0 Å². The van der Waals surface area contributed by atoms with Gasteiger partial charge in [0.05, 0.1) is 11.1 Å². The lowest BCUT2D eigenvalue weighted by molar-refractivity contribution is -0.143. The van der Waals surface area contributed by atoms with Crippen molar-refractivity contribution in [2.24, 2.45) is 0 Å². The van der Waals surface area contributed by atoms with Gasteiger partial charge in [-0.25, -0.2) is 4.79 Å². The van der Waals surface area contributed by atoms with Gasteiger partial charge in [-0.3, -0.25) is 0 Å². The molecule has 1 aromatic carbocycles. The summed E-state index contributed by atoms with van der Waals surface area (Å²) in [5.74, 6) is 0. The number of carbonyl (C=O) groups excluding carboxylic acids is 1. The van der Waals surface area contributed by atoms with Gasteiger partial charge in [-0.1, -0.05) is 0 Å². The molecular formula is C18H22F6N2O2. The minimum atomic E-state index is -4.89. The molecule has 28 heavy (non-hydrogen) atoms. The molecule has 1 amide bonds. The third-order valence-electron chi connectivity index (χ3n) is 4.04. The van der Waals surface area contributed by atoms with Gasteiger partial charge in [0.1, 0.15) is 5.60 Å². The standard InChI is InChI=1S/C18H22F6N2O2/c1-16(2,3)28-15(27)26-5-4-25-14(10-26)8-11-6-12(17(19,20)21)9-13(7-11)18(22,23)24/h6-7,9,14,25H,4-5,8,10H2,1-3H3/t14-/m1/s1. The van der Waals surface area contributed by atoms with Crippen LogP contribution in [0.25, 0.3) is 0 Å². The van der Waals surface area contributed by atoms with Crippen molar-refractivity contribution in [1.82, 2.24) is 10.2 Å². The third kappa shape index (κ3) is 6.29. The molecule has 4 nitrogen and oxygen atoms in total. The van der Waals surface area contributed by atoms with E-state index < -0.39 is 41.2 Å². The maximum Gasteiger partial charge on any atom is 0.416 e. The molecule has 0 saturated carbocycles. The van der Waals surface area contributed by atoms with E-state index in [1.54, 1.807) is 20.8 Å². The van der Waals surface area contributed by atoms with Gasteiger partial charge < -0.3 is 15.0 Å². The second-order valence-electron chi connectivity index (χ2n) is 7.70. The topological polar surface area (TPSA) is 41.6 Å². The van der Waals surface area contributed by atoms with Crippen LogP contribution in [0.3, 0.4) is 0 Å². The van der Waals surface area contributed by atoms with Gasteiger partial charge in [0.15, 0.2) is 0 Å². The summed E-state index contributed by atoms with van der Waals surface area (Å²) in [6.07, 6.45) is -10.4. The third-order valence-corrected chi connectivity index (χ3v) is 4.04. The van der Waals surface area contributed by atoms with Gasteiger partial charge in [-0.05, 0) is 51.0 Å². The normalized spacial score (nSPS) is 18.9. The van der Waals surface area contributed by atoms with Crippen molar-refractivity contribution in [3.63, 3.8) is 0 Å². The lowest BCUT2D eigenvalue weighted by Gasteiger charge is -2.35. The van der Waals surface area contributed by atoms with E-state index in [1.165, 1.54) is 4.90 Å². The van der Waals surface area contributed by atoms with E-state index in [4.69, 9.17) is 4.74 Å². The number of rotatable bonds is 2. The molecule has 0 aliphatic carbocycles. The number of piperazine rings is 1. The Morgan fingerprint density at radius 1 is 1.07 bits per heavy atom. The van der Waals surface area contributed by atoms with Gasteiger partial charge in [-0.15, -0.1) is 0 Å². The van der Waals surface area contributed by atoms with Crippen molar-refractivity contribution in [2.75, 3.05) is 19.6 Å². The monoisotopic (exact) mass is 412 g/mol. The van der Waals surface area contributed by atoms with Crippen LogP contribution in [0.4, 0.5) is 31.1 Å². The number of hydrogen-bond donors (Lipinski definition) is 1. The lowest BCUT2D eigenvalue weighted by Crippen LogP contribution is -2.54. The van der Waals surface area contributed by atoms with E-state index in [0.717, 1.165) is 0 Å². The highest BCUT2D eigenvalue weighted by Gasteiger charge is 2.37. The highest BCUT2D eigenvalue weighted by molar-refractivity contribution is 5.68. The maximum atomic E-state index is 13.0. The van der Waals surface area contributed by atoms with Crippen LogP contribution >= 0.6 is 0 Å². The highest BCUT2D eigenvalue weighted by atomic mass is 19.4. The van der Waals surface area contributed by atoms with Crippen molar-refractivity contribution < 1.29 is 35.9 Å². The molecule has 0 spiro atoms. The Bertz CT molecular complexity index is 677. The molecule has 0 bridgehead atoms. The highest BCUT2D eigenvalue weighted by Crippen LogP contribution is 2.36. The number of hydrogen-bond acceptors (Lipinski definition) is 3. The molecule has 0 radical (unpaired) electrons. The predicted octanol–water partition coefficient (Wildman–Crippen LogP) is 4.48. The first-order chi connectivity index (χ1) is 12.6. The van der Waals surface area contributed by atoms with Crippen molar-refractivity contribution in [3.8, 4) is 0 Å². The zero-order chi connectivity index (χ0) is 21.3. The van der Waals surface area contributed by atoms with E-state index in [0.29, 0.717) is 25.2 Å². The van der Waals surface area contributed by atoms with Gasteiger partial charge >= 0.3 is 18.4 Å². The summed E-state index contributed by atoms with van der Waals surface area (Å²) in [7, 11) is 0. The summed E-state index contributed by atoms with van der Waals surface area (Å²) in [4.78, 5) is 13.6. The van der Waals surface area contributed by atoms with E-state index in [1.807, 2.05) is 0 Å². The van der Waals surface area contributed by atoms with Crippen LogP contribution in [0.1, 0.15) is 37.5 Å². The fourth-order valence-electron chi connectivity index (χ4n) is 2.88. The molecule has 0 unspecified atom stereocenters. The molecule has 2 rings (SSSR count). The molecular weight excluding hydrogens is 390 g/mol. The van der Waals surface area contributed by atoms with Gasteiger partial charge in [0, 0.05) is 25.7 Å². The van der Waals surface area contributed by atoms with E-state index >= 15 is 0 Å². The molecule has 1 aromatic rings. The molecule has 0 aromatic heterocycles. The molecule has 1 fully saturated rings. The number of amides is 1. The summed E-state index contributed by atoms with van der Waals surface area (Å²) < 4.78 is 83.2. The molecule has 158 valence electrons. The van der Waals surface area contributed by atoms with Gasteiger partial charge in [0.25, 0.3) is 0 Å². The number of halogens is 6. The Labute approximate surface area is 158 Å². The Hall–Kier alpha value is -1.97. The average molecular weight is 412 g/mol. The van der Waals surface area contributed by atoms with Crippen LogP contribution in [0.15, 0.2) is 18.2 Å². The zero-order valence-corrected chi connectivity index (χ0v) is 15.7. The fraction of sp³-hybridized carbons (Fsp3) is 0.611. The largest absolute Gasteiger partial charge is 0.444 e. The van der Waals surface area contributed by atoms with Crippen LogP contribution in [0.2, 0.25) is 0 Å². The number of nitrogens with one attached hydrogen (secondary N) is 1. The Morgan fingerprint density at radius 2 is 1.61 bits per heavy atom. The second kappa shape index (κ2) is 7.81. The summed E-state index contributed by atoms with van der Waals surface area (Å²) in [5.41, 5.74) is -3.51. The summed E-state index contributed by atoms with van der Waals surface area (Å²) >= 11 is 0. The Kier molecular flexibility index (Phi) is 6.22. The number of carbonyl (C=O) groups is 1. The first-order valence-corrected chi connectivity index (χ1v) is 8.65. The summed E-state index contributed by atoms with van der Waals surface area (Å²) in [6.45, 7) is 5.91. The lowest BCUT2D eigenvalue weighted by atomic mass is 9.98. The van der Waals surface area contributed by atoms with Crippen molar-refractivity contribution in [3.05, 3.63) is 34.9 Å². The van der Waals surface area contributed by atoms with Crippen molar-refractivity contribution in [2.45, 2.75) is 51.2 Å². The van der Waals surface area contributed by atoms with Crippen LogP contribution in [0, 0.1) is 0 Å². The molecule has 1 heterocycles. The first-order valence-electron chi connectivity index (χ1n) is 8.65. The van der Waals surface area contributed by atoms with Crippen molar-refractivity contribution >= 4 is 6.09 Å². The van der Waals surface area contributed by atoms with Gasteiger partial charge in [0.2, 0.25) is 0 Å². The number of ether oxygens (including phenoxy) is 1. The molecule has 1 atom stereocenters.